The third kappa shape index (κ3) is 2.86. The SMILES string of the molecule is Cc1cccc(N2C(=O)N(c3ccc(Cl)c(Cl)c3)C3CS(=O)(=O)CC32)c1. The number of anilines is 2. The smallest absolute Gasteiger partial charge is 0.288 e. The maximum atomic E-state index is 13.2. The summed E-state index contributed by atoms with van der Waals surface area (Å²) in [4.78, 5) is 16.3. The molecule has 0 radical (unpaired) electrons. The molecule has 2 unspecified atom stereocenters. The Kier molecular flexibility index (Phi) is 4.17. The van der Waals surface area contributed by atoms with Gasteiger partial charge in [0.25, 0.3) is 0 Å². The number of carbonyl (C=O) groups excluding carboxylic acids is 1. The molecule has 4 rings (SSSR count). The zero-order valence-corrected chi connectivity index (χ0v) is 16.2. The fourth-order valence-electron chi connectivity index (χ4n) is 3.72. The molecule has 0 bridgehead atoms. The van der Waals surface area contributed by atoms with Crippen LogP contribution >= 0.6 is 23.2 Å². The van der Waals surface area contributed by atoms with E-state index in [-0.39, 0.29) is 17.5 Å². The second-order valence-electron chi connectivity index (χ2n) is 6.67. The summed E-state index contributed by atoms with van der Waals surface area (Å²) < 4.78 is 24.6. The number of hydrogen-bond acceptors (Lipinski definition) is 3. The van der Waals surface area contributed by atoms with E-state index >= 15 is 0 Å². The Morgan fingerprint density at radius 3 is 2.12 bits per heavy atom. The van der Waals surface area contributed by atoms with E-state index in [9.17, 15) is 13.2 Å². The van der Waals surface area contributed by atoms with Gasteiger partial charge in [-0.2, -0.15) is 0 Å². The lowest BCUT2D eigenvalue weighted by atomic mass is 10.1. The van der Waals surface area contributed by atoms with Gasteiger partial charge in [-0.15, -0.1) is 0 Å². The van der Waals surface area contributed by atoms with Gasteiger partial charge in [-0.1, -0.05) is 35.3 Å². The van der Waals surface area contributed by atoms with Crippen molar-refractivity contribution in [3.63, 3.8) is 0 Å². The molecule has 5 nitrogen and oxygen atoms in total. The Hall–Kier alpha value is -1.76. The first kappa shape index (κ1) is 17.6. The second-order valence-corrected chi connectivity index (χ2v) is 9.64. The first-order valence-corrected chi connectivity index (χ1v) is 10.7. The summed E-state index contributed by atoms with van der Waals surface area (Å²) in [6, 6.07) is 11.3. The number of rotatable bonds is 2. The normalized spacial score (nSPS) is 24.2. The number of nitrogens with zero attached hydrogens (tertiary/aromatic N) is 2. The predicted molar refractivity (Wildman–Crippen MR) is 104 cm³/mol. The van der Waals surface area contributed by atoms with Crippen molar-refractivity contribution in [3.8, 4) is 0 Å². The highest BCUT2D eigenvalue weighted by Crippen LogP contribution is 2.39. The van der Waals surface area contributed by atoms with Crippen molar-refractivity contribution < 1.29 is 13.2 Å². The first-order valence-electron chi connectivity index (χ1n) is 8.11. The van der Waals surface area contributed by atoms with Crippen molar-refractivity contribution in [2.45, 2.75) is 19.0 Å². The van der Waals surface area contributed by atoms with E-state index in [4.69, 9.17) is 23.2 Å². The molecule has 2 fully saturated rings. The van der Waals surface area contributed by atoms with Gasteiger partial charge in [0.2, 0.25) is 0 Å². The molecule has 2 heterocycles. The van der Waals surface area contributed by atoms with Crippen molar-refractivity contribution in [1.29, 1.82) is 0 Å². The number of carbonyl (C=O) groups is 1. The van der Waals surface area contributed by atoms with Crippen molar-refractivity contribution in [3.05, 3.63) is 58.1 Å². The molecule has 2 aromatic rings. The summed E-state index contributed by atoms with van der Waals surface area (Å²) >= 11 is 12.1. The van der Waals surface area contributed by atoms with Gasteiger partial charge in [0.05, 0.1) is 33.6 Å². The molecule has 2 amide bonds. The molecule has 2 saturated heterocycles. The number of urea groups is 1. The number of benzene rings is 2. The van der Waals surface area contributed by atoms with E-state index in [1.165, 1.54) is 4.90 Å². The molecule has 8 heteroatoms. The van der Waals surface area contributed by atoms with E-state index in [1.807, 2.05) is 31.2 Å². The standard InChI is InChI=1S/C18H16Cl2N2O3S/c1-11-3-2-4-12(7-11)21-16-9-26(24,25)10-17(16)22(18(21)23)13-5-6-14(19)15(20)8-13/h2-8,16-17H,9-10H2,1H3. The van der Waals surface area contributed by atoms with Gasteiger partial charge in [0.1, 0.15) is 0 Å². The molecule has 0 aliphatic carbocycles. The molecule has 0 saturated carbocycles. The highest BCUT2D eigenvalue weighted by Gasteiger charge is 2.54. The fraction of sp³-hybridized carbons (Fsp3) is 0.278. The van der Waals surface area contributed by atoms with E-state index in [0.29, 0.717) is 21.4 Å². The molecule has 0 N–H and O–H groups in total. The van der Waals surface area contributed by atoms with Gasteiger partial charge in [0.15, 0.2) is 9.84 Å². The van der Waals surface area contributed by atoms with E-state index in [0.717, 1.165) is 5.56 Å². The number of fused-ring (bicyclic) bond motifs is 1. The fourth-order valence-corrected chi connectivity index (χ4v) is 5.93. The third-order valence-corrected chi connectivity index (χ3v) is 7.27. The largest absolute Gasteiger partial charge is 0.329 e. The lowest BCUT2D eigenvalue weighted by molar-refractivity contribution is 0.255. The van der Waals surface area contributed by atoms with Crippen LogP contribution < -0.4 is 9.80 Å². The summed E-state index contributed by atoms with van der Waals surface area (Å²) in [7, 11) is -3.23. The highest BCUT2D eigenvalue weighted by atomic mass is 35.5. The molecule has 2 aliphatic rings. The number of halogens is 2. The van der Waals surface area contributed by atoms with Gasteiger partial charge in [-0.05, 0) is 42.8 Å². The average Bonchev–Trinajstić information content (AvgIpc) is 2.99. The minimum absolute atomic E-state index is 0.0465. The minimum atomic E-state index is -3.23. The molecule has 2 aliphatic heterocycles. The van der Waals surface area contributed by atoms with Crippen LogP contribution in [0.15, 0.2) is 42.5 Å². The van der Waals surface area contributed by atoms with Gasteiger partial charge in [0, 0.05) is 11.4 Å². The van der Waals surface area contributed by atoms with Crippen LogP contribution in [-0.2, 0) is 9.84 Å². The van der Waals surface area contributed by atoms with E-state index in [1.54, 1.807) is 23.1 Å². The van der Waals surface area contributed by atoms with Crippen LogP contribution in [0, 0.1) is 6.92 Å². The number of aryl methyl sites for hydroxylation is 1. The maximum absolute atomic E-state index is 13.2. The summed E-state index contributed by atoms with van der Waals surface area (Å²) in [5, 5.41) is 0.705. The zero-order valence-electron chi connectivity index (χ0n) is 13.9. The Labute approximate surface area is 162 Å². The molecule has 2 aromatic carbocycles. The summed E-state index contributed by atoms with van der Waals surface area (Å²) in [5.41, 5.74) is 2.25. The monoisotopic (exact) mass is 410 g/mol. The first-order chi connectivity index (χ1) is 12.3. The van der Waals surface area contributed by atoms with Crippen molar-refractivity contribution in [2.75, 3.05) is 21.3 Å². The minimum Gasteiger partial charge on any atom is -0.288 e. The molecule has 0 spiro atoms. The lowest BCUT2D eigenvalue weighted by Gasteiger charge is -2.23. The summed E-state index contributed by atoms with van der Waals surface area (Å²) in [6.45, 7) is 1.93. The quantitative estimate of drug-likeness (QED) is 0.704. The average molecular weight is 411 g/mol. The maximum Gasteiger partial charge on any atom is 0.329 e. The van der Waals surface area contributed by atoms with Crippen molar-refractivity contribution in [1.82, 2.24) is 0 Å². The number of hydrogen-bond donors (Lipinski definition) is 0. The lowest BCUT2D eigenvalue weighted by Crippen LogP contribution is -2.37. The van der Waals surface area contributed by atoms with Crippen LogP contribution in [0.3, 0.4) is 0 Å². The Morgan fingerprint density at radius 1 is 0.923 bits per heavy atom. The molecular weight excluding hydrogens is 395 g/mol. The van der Waals surface area contributed by atoms with Gasteiger partial charge in [-0.3, -0.25) is 9.80 Å². The Bertz CT molecular complexity index is 1010. The zero-order chi connectivity index (χ0) is 18.6. The molecular formula is C18H16Cl2N2O3S. The van der Waals surface area contributed by atoms with Gasteiger partial charge in [-0.25, -0.2) is 13.2 Å². The van der Waals surface area contributed by atoms with Crippen LogP contribution in [0.4, 0.5) is 16.2 Å². The summed E-state index contributed by atoms with van der Waals surface area (Å²) in [6.07, 6.45) is 0. The Balaban J connectivity index is 1.82. The molecule has 26 heavy (non-hydrogen) atoms. The van der Waals surface area contributed by atoms with Crippen molar-refractivity contribution >= 4 is 50.4 Å². The van der Waals surface area contributed by atoms with Crippen LogP contribution in [0.1, 0.15) is 5.56 Å². The summed E-state index contributed by atoms with van der Waals surface area (Å²) in [5.74, 6) is -0.110. The van der Waals surface area contributed by atoms with Gasteiger partial charge < -0.3 is 0 Å². The predicted octanol–water partition coefficient (Wildman–Crippen LogP) is 3.91. The van der Waals surface area contributed by atoms with Crippen molar-refractivity contribution in [2.24, 2.45) is 0 Å². The molecule has 0 aromatic heterocycles. The third-order valence-electron chi connectivity index (χ3n) is 4.83. The van der Waals surface area contributed by atoms with E-state index < -0.39 is 21.9 Å². The van der Waals surface area contributed by atoms with Crippen LogP contribution in [-0.4, -0.2) is 38.0 Å². The highest BCUT2D eigenvalue weighted by molar-refractivity contribution is 7.91. The Morgan fingerprint density at radius 2 is 1.54 bits per heavy atom. The number of amides is 2. The second kappa shape index (κ2) is 6.15. The number of sulfone groups is 1. The van der Waals surface area contributed by atoms with Crippen LogP contribution in [0.25, 0.3) is 0 Å². The molecule has 136 valence electrons. The topological polar surface area (TPSA) is 57.7 Å². The van der Waals surface area contributed by atoms with E-state index in [2.05, 4.69) is 0 Å². The van der Waals surface area contributed by atoms with Crippen LogP contribution in [0.5, 0.6) is 0 Å². The van der Waals surface area contributed by atoms with Gasteiger partial charge >= 0.3 is 6.03 Å². The molecule has 2 atom stereocenters. The van der Waals surface area contributed by atoms with Crippen LogP contribution in [0.2, 0.25) is 10.0 Å².